The molecule has 0 amide bonds. The molecule has 0 saturated heterocycles. The minimum absolute atomic E-state index is 0.102. The van der Waals surface area contributed by atoms with Crippen molar-refractivity contribution in [1.29, 1.82) is 0 Å². The van der Waals surface area contributed by atoms with Gasteiger partial charge in [-0.15, -0.1) is 0 Å². The van der Waals surface area contributed by atoms with E-state index in [4.69, 9.17) is 5.73 Å². The van der Waals surface area contributed by atoms with Crippen LogP contribution in [0.2, 0.25) is 0 Å². The first-order chi connectivity index (χ1) is 8.00. The van der Waals surface area contributed by atoms with Crippen LogP contribution < -0.4 is 5.73 Å². The smallest absolute Gasteiger partial charge is 0.0587 e. The minimum Gasteiger partial charge on any atom is -0.393 e. The molecule has 102 valence electrons. The lowest BCUT2D eigenvalue weighted by atomic mass is 9.81. The summed E-state index contributed by atoms with van der Waals surface area (Å²) in [6.45, 7) is 3.94. The molecule has 0 aliphatic heterocycles. The van der Waals surface area contributed by atoms with E-state index in [1.807, 2.05) is 13.8 Å². The second-order valence-corrected chi connectivity index (χ2v) is 6.00. The summed E-state index contributed by atoms with van der Waals surface area (Å²) in [5.74, 6) is 0.783. The van der Waals surface area contributed by atoms with Crippen molar-refractivity contribution in [2.75, 3.05) is 0 Å². The molecule has 1 saturated carbocycles. The average molecular weight is 243 g/mol. The molecule has 1 rings (SSSR count). The van der Waals surface area contributed by atoms with Gasteiger partial charge < -0.3 is 15.9 Å². The van der Waals surface area contributed by atoms with Gasteiger partial charge in [0.05, 0.1) is 12.2 Å². The number of hydrogen-bond donors (Lipinski definition) is 3. The molecule has 0 radical (unpaired) electrons. The van der Waals surface area contributed by atoms with Crippen molar-refractivity contribution >= 4 is 0 Å². The summed E-state index contributed by atoms with van der Waals surface area (Å²) < 4.78 is 0. The number of aliphatic hydroxyl groups is 2. The summed E-state index contributed by atoms with van der Waals surface area (Å²) in [7, 11) is 0. The highest BCUT2D eigenvalue weighted by Crippen LogP contribution is 2.27. The summed E-state index contributed by atoms with van der Waals surface area (Å²) in [6.07, 6.45) is 6.53. The second kappa shape index (κ2) is 7.34. The molecule has 0 bridgehead atoms. The minimum atomic E-state index is -0.454. The second-order valence-electron chi connectivity index (χ2n) is 6.00. The highest BCUT2D eigenvalue weighted by atomic mass is 16.3. The molecule has 4 N–H and O–H groups in total. The third-order valence-corrected chi connectivity index (χ3v) is 4.08. The Labute approximate surface area is 105 Å². The van der Waals surface area contributed by atoms with Crippen molar-refractivity contribution in [3.05, 3.63) is 0 Å². The van der Waals surface area contributed by atoms with Crippen LogP contribution in [-0.4, -0.2) is 28.5 Å². The van der Waals surface area contributed by atoms with Crippen molar-refractivity contribution in [3.8, 4) is 0 Å². The maximum absolute atomic E-state index is 9.93. The van der Waals surface area contributed by atoms with Crippen LogP contribution in [0.1, 0.15) is 58.8 Å². The van der Waals surface area contributed by atoms with Crippen LogP contribution in [0.4, 0.5) is 0 Å². The zero-order valence-electron chi connectivity index (χ0n) is 11.3. The van der Waals surface area contributed by atoms with E-state index in [9.17, 15) is 10.2 Å². The zero-order chi connectivity index (χ0) is 12.8. The summed E-state index contributed by atoms with van der Waals surface area (Å²) in [5.41, 5.74) is 6.16. The molecule has 0 aromatic rings. The molecule has 0 aromatic heterocycles. The Morgan fingerprint density at radius 2 is 1.65 bits per heavy atom. The molecule has 1 aliphatic rings. The molecule has 1 fully saturated rings. The summed E-state index contributed by atoms with van der Waals surface area (Å²) >= 11 is 0. The molecule has 3 unspecified atom stereocenters. The maximum atomic E-state index is 9.93. The topological polar surface area (TPSA) is 66.5 Å². The highest BCUT2D eigenvalue weighted by molar-refractivity contribution is 4.80. The van der Waals surface area contributed by atoms with Gasteiger partial charge >= 0.3 is 0 Å². The average Bonchev–Trinajstić information content (AvgIpc) is 2.29. The Balaban J connectivity index is 2.26. The Morgan fingerprint density at radius 3 is 2.18 bits per heavy atom. The van der Waals surface area contributed by atoms with Crippen LogP contribution >= 0.6 is 0 Å². The molecule has 17 heavy (non-hydrogen) atoms. The quantitative estimate of drug-likeness (QED) is 0.669. The summed E-state index contributed by atoms with van der Waals surface area (Å²) in [5, 5.41) is 19.6. The van der Waals surface area contributed by atoms with Crippen LogP contribution in [0.25, 0.3) is 0 Å². The van der Waals surface area contributed by atoms with Crippen molar-refractivity contribution in [2.45, 2.75) is 77.0 Å². The third-order valence-electron chi connectivity index (χ3n) is 4.08. The van der Waals surface area contributed by atoms with Gasteiger partial charge in [0.15, 0.2) is 0 Å². The number of aliphatic hydroxyl groups excluding tert-OH is 2. The van der Waals surface area contributed by atoms with E-state index >= 15 is 0 Å². The highest BCUT2D eigenvalue weighted by Gasteiger charge is 2.24. The first-order valence-corrected chi connectivity index (χ1v) is 7.12. The molecule has 3 heteroatoms. The van der Waals surface area contributed by atoms with Gasteiger partial charge in [0.25, 0.3) is 0 Å². The van der Waals surface area contributed by atoms with Crippen molar-refractivity contribution in [2.24, 2.45) is 17.6 Å². The van der Waals surface area contributed by atoms with Gasteiger partial charge in [-0.2, -0.15) is 0 Å². The van der Waals surface area contributed by atoms with Gasteiger partial charge in [0.2, 0.25) is 0 Å². The Bertz CT molecular complexity index is 202. The van der Waals surface area contributed by atoms with E-state index in [0.717, 1.165) is 0 Å². The molecular weight excluding hydrogens is 214 g/mol. The van der Waals surface area contributed by atoms with E-state index in [1.54, 1.807) is 0 Å². The van der Waals surface area contributed by atoms with Gasteiger partial charge in [-0.1, -0.05) is 33.1 Å². The van der Waals surface area contributed by atoms with Crippen molar-refractivity contribution in [1.82, 2.24) is 0 Å². The van der Waals surface area contributed by atoms with Gasteiger partial charge in [-0.25, -0.2) is 0 Å². The fraction of sp³-hybridized carbons (Fsp3) is 1.00. The molecule has 3 nitrogen and oxygen atoms in total. The van der Waals surface area contributed by atoms with Gasteiger partial charge in [-0.3, -0.25) is 0 Å². The molecule has 0 heterocycles. The molecule has 3 atom stereocenters. The van der Waals surface area contributed by atoms with E-state index in [2.05, 4.69) is 0 Å². The van der Waals surface area contributed by atoms with Crippen LogP contribution in [-0.2, 0) is 0 Å². The van der Waals surface area contributed by atoms with Gasteiger partial charge in [0, 0.05) is 6.04 Å². The maximum Gasteiger partial charge on any atom is 0.0587 e. The van der Waals surface area contributed by atoms with Gasteiger partial charge in [0.1, 0.15) is 0 Å². The fourth-order valence-electron chi connectivity index (χ4n) is 2.72. The Morgan fingerprint density at radius 1 is 1.06 bits per heavy atom. The lowest BCUT2D eigenvalue weighted by Crippen LogP contribution is -2.36. The Hall–Kier alpha value is -0.120. The first kappa shape index (κ1) is 14.9. The zero-order valence-corrected chi connectivity index (χ0v) is 11.3. The predicted molar refractivity (Wildman–Crippen MR) is 70.6 cm³/mol. The Kier molecular flexibility index (Phi) is 6.45. The van der Waals surface area contributed by atoms with E-state index in [-0.39, 0.29) is 12.0 Å². The summed E-state index contributed by atoms with van der Waals surface area (Å²) in [6, 6.07) is 0.102. The van der Waals surface area contributed by atoms with Crippen LogP contribution in [0.5, 0.6) is 0 Å². The molecular formula is C14H29NO2. The SMILES string of the molecule is CC(C)C(O)CC(O)CC(N)C1CCCCC1. The molecule has 0 aromatic carbocycles. The van der Waals surface area contributed by atoms with Gasteiger partial charge in [-0.05, 0) is 37.5 Å². The third kappa shape index (κ3) is 5.36. The van der Waals surface area contributed by atoms with E-state index < -0.39 is 12.2 Å². The van der Waals surface area contributed by atoms with E-state index in [0.29, 0.717) is 18.8 Å². The predicted octanol–water partition coefficient (Wildman–Crippen LogP) is 2.05. The monoisotopic (exact) mass is 243 g/mol. The molecule has 1 aliphatic carbocycles. The number of nitrogens with two attached hydrogens (primary N) is 1. The lowest BCUT2D eigenvalue weighted by molar-refractivity contribution is 0.0428. The van der Waals surface area contributed by atoms with Crippen LogP contribution in [0.3, 0.4) is 0 Å². The van der Waals surface area contributed by atoms with E-state index in [1.165, 1.54) is 32.1 Å². The fourth-order valence-corrected chi connectivity index (χ4v) is 2.72. The lowest BCUT2D eigenvalue weighted by Gasteiger charge is -2.29. The van der Waals surface area contributed by atoms with Crippen molar-refractivity contribution < 1.29 is 10.2 Å². The first-order valence-electron chi connectivity index (χ1n) is 7.12. The standard InChI is InChI=1S/C14H29NO2/c1-10(2)14(17)9-12(16)8-13(15)11-6-4-3-5-7-11/h10-14,16-17H,3-9,15H2,1-2H3. The number of hydrogen-bond acceptors (Lipinski definition) is 3. The largest absolute Gasteiger partial charge is 0.393 e. The number of rotatable bonds is 6. The van der Waals surface area contributed by atoms with Crippen molar-refractivity contribution in [3.63, 3.8) is 0 Å². The van der Waals surface area contributed by atoms with Crippen LogP contribution in [0, 0.1) is 11.8 Å². The van der Waals surface area contributed by atoms with Crippen LogP contribution in [0.15, 0.2) is 0 Å². The molecule has 0 spiro atoms. The normalized spacial score (nSPS) is 23.6. The summed E-state index contributed by atoms with van der Waals surface area (Å²) in [4.78, 5) is 0.